The van der Waals surface area contributed by atoms with Crippen LogP contribution in [0.4, 0.5) is 5.69 Å². The molecular formula is C16H25NO2. The highest BCUT2D eigenvalue weighted by molar-refractivity contribution is 5.53. The highest BCUT2D eigenvalue weighted by Crippen LogP contribution is 2.32. The molecule has 1 saturated heterocycles. The first-order valence-corrected chi connectivity index (χ1v) is 7.10. The number of para-hydroxylation sites is 1. The summed E-state index contributed by atoms with van der Waals surface area (Å²) in [5, 5.41) is 0. The van der Waals surface area contributed by atoms with Crippen molar-refractivity contribution < 1.29 is 9.47 Å². The summed E-state index contributed by atoms with van der Waals surface area (Å²) >= 11 is 0. The van der Waals surface area contributed by atoms with Crippen LogP contribution in [-0.2, 0) is 9.47 Å². The Balaban J connectivity index is 2.04. The second-order valence-electron chi connectivity index (χ2n) is 5.55. The first kappa shape index (κ1) is 14.4. The molecule has 1 fully saturated rings. The van der Waals surface area contributed by atoms with E-state index in [4.69, 9.17) is 9.47 Å². The van der Waals surface area contributed by atoms with E-state index in [0.717, 1.165) is 25.9 Å². The van der Waals surface area contributed by atoms with Gasteiger partial charge in [0.05, 0.1) is 6.10 Å². The van der Waals surface area contributed by atoms with Gasteiger partial charge in [0.1, 0.15) is 0 Å². The molecule has 1 aliphatic heterocycles. The van der Waals surface area contributed by atoms with E-state index in [-0.39, 0.29) is 6.10 Å². The van der Waals surface area contributed by atoms with Crippen LogP contribution in [0.25, 0.3) is 0 Å². The van der Waals surface area contributed by atoms with Crippen LogP contribution in [0.5, 0.6) is 0 Å². The van der Waals surface area contributed by atoms with Crippen LogP contribution in [0.2, 0.25) is 0 Å². The SMILES string of the molecule is COC1(OC(C)C)CCN(c2ccccc2C)CC1. The Morgan fingerprint density at radius 2 is 1.79 bits per heavy atom. The normalized spacial score (nSPS) is 18.9. The van der Waals surface area contributed by atoms with Gasteiger partial charge >= 0.3 is 0 Å². The molecule has 106 valence electrons. The lowest BCUT2D eigenvalue weighted by atomic mass is 10.0. The molecule has 0 atom stereocenters. The van der Waals surface area contributed by atoms with E-state index in [1.807, 2.05) is 0 Å². The number of anilines is 1. The monoisotopic (exact) mass is 263 g/mol. The van der Waals surface area contributed by atoms with Gasteiger partial charge in [-0.15, -0.1) is 0 Å². The molecule has 0 bridgehead atoms. The van der Waals surface area contributed by atoms with Crippen molar-refractivity contribution in [2.75, 3.05) is 25.1 Å². The number of piperidine rings is 1. The molecule has 0 unspecified atom stereocenters. The molecule has 1 aromatic rings. The predicted molar refractivity (Wildman–Crippen MR) is 78.6 cm³/mol. The third-order valence-corrected chi connectivity index (χ3v) is 3.80. The van der Waals surface area contributed by atoms with Crippen molar-refractivity contribution in [1.82, 2.24) is 0 Å². The molecule has 0 N–H and O–H groups in total. The topological polar surface area (TPSA) is 21.7 Å². The van der Waals surface area contributed by atoms with Gasteiger partial charge in [0, 0.05) is 38.7 Å². The summed E-state index contributed by atoms with van der Waals surface area (Å²) in [5.41, 5.74) is 2.66. The predicted octanol–water partition coefficient (Wildman–Crippen LogP) is 3.36. The number of benzene rings is 1. The second-order valence-corrected chi connectivity index (χ2v) is 5.55. The Labute approximate surface area is 116 Å². The lowest BCUT2D eigenvalue weighted by Crippen LogP contribution is -2.48. The standard InChI is InChI=1S/C16H25NO2/c1-13(2)19-16(18-4)9-11-17(12-10-16)15-8-6-5-7-14(15)3/h5-8,13H,9-12H2,1-4H3. The number of aryl methyl sites for hydroxylation is 1. The fourth-order valence-corrected chi connectivity index (χ4v) is 2.81. The summed E-state index contributed by atoms with van der Waals surface area (Å²) in [7, 11) is 1.76. The Morgan fingerprint density at radius 3 is 2.32 bits per heavy atom. The number of hydrogen-bond acceptors (Lipinski definition) is 3. The largest absolute Gasteiger partial charge is 0.371 e. The second kappa shape index (κ2) is 5.93. The van der Waals surface area contributed by atoms with Gasteiger partial charge in [0.15, 0.2) is 5.79 Å². The van der Waals surface area contributed by atoms with Crippen molar-refractivity contribution >= 4 is 5.69 Å². The van der Waals surface area contributed by atoms with E-state index in [9.17, 15) is 0 Å². The summed E-state index contributed by atoms with van der Waals surface area (Å²) < 4.78 is 11.6. The minimum Gasteiger partial charge on any atom is -0.371 e. The van der Waals surface area contributed by atoms with Crippen molar-refractivity contribution in [2.45, 2.75) is 45.5 Å². The smallest absolute Gasteiger partial charge is 0.171 e. The van der Waals surface area contributed by atoms with Crippen LogP contribution in [-0.4, -0.2) is 32.1 Å². The van der Waals surface area contributed by atoms with Gasteiger partial charge < -0.3 is 14.4 Å². The van der Waals surface area contributed by atoms with Crippen molar-refractivity contribution in [1.29, 1.82) is 0 Å². The third-order valence-electron chi connectivity index (χ3n) is 3.80. The van der Waals surface area contributed by atoms with E-state index in [2.05, 4.69) is 49.9 Å². The van der Waals surface area contributed by atoms with Gasteiger partial charge in [-0.3, -0.25) is 0 Å². The Hall–Kier alpha value is -1.06. The number of nitrogens with zero attached hydrogens (tertiary/aromatic N) is 1. The van der Waals surface area contributed by atoms with Crippen LogP contribution in [0.3, 0.4) is 0 Å². The first-order chi connectivity index (χ1) is 9.06. The van der Waals surface area contributed by atoms with E-state index < -0.39 is 5.79 Å². The van der Waals surface area contributed by atoms with E-state index in [1.54, 1.807) is 7.11 Å². The maximum absolute atomic E-state index is 5.99. The van der Waals surface area contributed by atoms with Gasteiger partial charge in [0.2, 0.25) is 0 Å². The first-order valence-electron chi connectivity index (χ1n) is 7.10. The summed E-state index contributed by atoms with van der Waals surface area (Å²) in [6, 6.07) is 8.55. The maximum Gasteiger partial charge on any atom is 0.171 e. The lowest BCUT2D eigenvalue weighted by Gasteiger charge is -2.42. The minimum atomic E-state index is -0.395. The average Bonchev–Trinajstić information content (AvgIpc) is 2.40. The van der Waals surface area contributed by atoms with Crippen molar-refractivity contribution in [3.63, 3.8) is 0 Å². The molecular weight excluding hydrogens is 238 g/mol. The van der Waals surface area contributed by atoms with Crippen LogP contribution >= 0.6 is 0 Å². The van der Waals surface area contributed by atoms with Crippen molar-refractivity contribution in [2.24, 2.45) is 0 Å². The average molecular weight is 263 g/mol. The molecule has 1 aromatic carbocycles. The number of methoxy groups -OCH3 is 1. The number of hydrogen-bond donors (Lipinski definition) is 0. The van der Waals surface area contributed by atoms with Gasteiger partial charge in [0.25, 0.3) is 0 Å². The molecule has 0 radical (unpaired) electrons. The molecule has 3 heteroatoms. The van der Waals surface area contributed by atoms with Crippen molar-refractivity contribution in [3.05, 3.63) is 29.8 Å². The van der Waals surface area contributed by atoms with E-state index in [1.165, 1.54) is 11.3 Å². The molecule has 0 saturated carbocycles. The number of rotatable bonds is 4. The fourth-order valence-electron chi connectivity index (χ4n) is 2.81. The lowest BCUT2D eigenvalue weighted by molar-refractivity contribution is -0.249. The summed E-state index contributed by atoms with van der Waals surface area (Å²) in [6.07, 6.45) is 2.02. The molecule has 3 nitrogen and oxygen atoms in total. The number of ether oxygens (including phenoxy) is 2. The molecule has 1 aliphatic rings. The highest BCUT2D eigenvalue weighted by atomic mass is 16.7. The molecule has 19 heavy (non-hydrogen) atoms. The van der Waals surface area contributed by atoms with E-state index >= 15 is 0 Å². The fraction of sp³-hybridized carbons (Fsp3) is 0.625. The molecule has 0 amide bonds. The summed E-state index contributed by atoms with van der Waals surface area (Å²) in [6.45, 7) is 8.25. The van der Waals surface area contributed by atoms with Crippen LogP contribution in [0, 0.1) is 6.92 Å². The van der Waals surface area contributed by atoms with Crippen LogP contribution < -0.4 is 4.90 Å². The quantitative estimate of drug-likeness (QED) is 0.777. The molecule has 2 rings (SSSR count). The third kappa shape index (κ3) is 3.28. The molecule has 0 aromatic heterocycles. The van der Waals surface area contributed by atoms with Crippen LogP contribution in [0.15, 0.2) is 24.3 Å². The van der Waals surface area contributed by atoms with Gasteiger partial charge in [-0.05, 0) is 32.4 Å². The van der Waals surface area contributed by atoms with Crippen molar-refractivity contribution in [3.8, 4) is 0 Å². The molecule has 0 spiro atoms. The summed E-state index contributed by atoms with van der Waals surface area (Å²) in [5.74, 6) is -0.395. The zero-order valence-corrected chi connectivity index (χ0v) is 12.5. The summed E-state index contributed by atoms with van der Waals surface area (Å²) in [4.78, 5) is 2.43. The molecule has 1 heterocycles. The van der Waals surface area contributed by atoms with Gasteiger partial charge in [-0.2, -0.15) is 0 Å². The van der Waals surface area contributed by atoms with Gasteiger partial charge in [-0.1, -0.05) is 18.2 Å². The Kier molecular flexibility index (Phi) is 4.48. The highest BCUT2D eigenvalue weighted by Gasteiger charge is 2.36. The van der Waals surface area contributed by atoms with E-state index in [0.29, 0.717) is 0 Å². The van der Waals surface area contributed by atoms with Gasteiger partial charge in [-0.25, -0.2) is 0 Å². The Morgan fingerprint density at radius 1 is 1.16 bits per heavy atom. The zero-order chi connectivity index (χ0) is 13.9. The molecule has 0 aliphatic carbocycles. The van der Waals surface area contributed by atoms with Crippen LogP contribution in [0.1, 0.15) is 32.3 Å². The maximum atomic E-state index is 5.99. The zero-order valence-electron chi connectivity index (χ0n) is 12.5. The Bertz CT molecular complexity index is 409. The minimum absolute atomic E-state index is 0.199.